The van der Waals surface area contributed by atoms with E-state index < -0.39 is 0 Å². The second-order valence-corrected chi connectivity index (χ2v) is 4.72. The number of carbonyl (C=O) groups excluding carboxylic acids is 1. The SMILES string of the molecule is Cc1oc(C)c(C(=O)NC(CO)C(C)C)c1C. The number of rotatable bonds is 4. The molecular formula is C13H21NO3. The van der Waals surface area contributed by atoms with E-state index in [1.54, 1.807) is 6.92 Å². The number of aliphatic hydroxyl groups excluding tert-OH is 1. The average Bonchev–Trinajstić information content (AvgIpc) is 2.49. The van der Waals surface area contributed by atoms with E-state index in [0.717, 1.165) is 11.3 Å². The molecule has 1 heterocycles. The minimum atomic E-state index is -0.225. The van der Waals surface area contributed by atoms with Crippen molar-refractivity contribution in [2.24, 2.45) is 5.92 Å². The number of furan rings is 1. The van der Waals surface area contributed by atoms with Crippen molar-refractivity contribution in [2.45, 2.75) is 40.7 Å². The predicted molar refractivity (Wildman–Crippen MR) is 66.1 cm³/mol. The van der Waals surface area contributed by atoms with Gasteiger partial charge in [0.2, 0.25) is 0 Å². The Kier molecular flexibility index (Phi) is 4.34. The van der Waals surface area contributed by atoms with Gasteiger partial charge in [0.25, 0.3) is 5.91 Å². The summed E-state index contributed by atoms with van der Waals surface area (Å²) >= 11 is 0. The Morgan fingerprint density at radius 2 is 1.88 bits per heavy atom. The standard InChI is InChI=1S/C13H21NO3/c1-7(2)11(6-15)14-13(16)12-8(3)9(4)17-10(12)5/h7,11,15H,6H2,1-5H3,(H,14,16). The van der Waals surface area contributed by atoms with Gasteiger partial charge in [0.15, 0.2) is 0 Å². The third-order valence-electron chi connectivity index (χ3n) is 3.11. The highest BCUT2D eigenvalue weighted by Crippen LogP contribution is 2.20. The van der Waals surface area contributed by atoms with Crippen molar-refractivity contribution in [3.63, 3.8) is 0 Å². The van der Waals surface area contributed by atoms with E-state index in [0.29, 0.717) is 11.3 Å². The fourth-order valence-electron chi connectivity index (χ4n) is 1.79. The lowest BCUT2D eigenvalue weighted by Crippen LogP contribution is -2.41. The van der Waals surface area contributed by atoms with E-state index in [9.17, 15) is 9.90 Å². The molecule has 0 aliphatic rings. The van der Waals surface area contributed by atoms with E-state index in [-0.39, 0.29) is 24.5 Å². The molecule has 1 aromatic rings. The molecule has 0 radical (unpaired) electrons. The Balaban J connectivity index is 2.90. The van der Waals surface area contributed by atoms with Crippen LogP contribution in [-0.4, -0.2) is 23.7 Å². The molecule has 0 saturated heterocycles. The van der Waals surface area contributed by atoms with Crippen molar-refractivity contribution in [3.8, 4) is 0 Å². The Morgan fingerprint density at radius 3 is 2.24 bits per heavy atom. The van der Waals surface area contributed by atoms with Crippen LogP contribution in [0.3, 0.4) is 0 Å². The molecule has 96 valence electrons. The number of aryl methyl sites for hydroxylation is 2. The zero-order valence-corrected chi connectivity index (χ0v) is 11.1. The Morgan fingerprint density at radius 1 is 1.29 bits per heavy atom. The maximum atomic E-state index is 12.1. The average molecular weight is 239 g/mol. The smallest absolute Gasteiger partial charge is 0.255 e. The number of amides is 1. The molecule has 1 atom stereocenters. The van der Waals surface area contributed by atoms with Crippen molar-refractivity contribution in [3.05, 3.63) is 22.6 Å². The lowest BCUT2D eigenvalue weighted by molar-refractivity contribution is 0.0895. The molecule has 0 aliphatic heterocycles. The maximum Gasteiger partial charge on any atom is 0.255 e. The molecule has 2 N–H and O–H groups in total. The Labute approximate surface area is 102 Å². The van der Waals surface area contributed by atoms with Crippen molar-refractivity contribution in [1.82, 2.24) is 5.32 Å². The molecule has 1 aromatic heterocycles. The van der Waals surface area contributed by atoms with Crippen molar-refractivity contribution in [2.75, 3.05) is 6.61 Å². The number of nitrogens with one attached hydrogen (secondary N) is 1. The normalized spacial score (nSPS) is 12.9. The first-order valence-corrected chi connectivity index (χ1v) is 5.86. The second kappa shape index (κ2) is 5.36. The van der Waals surface area contributed by atoms with Crippen LogP contribution in [-0.2, 0) is 0 Å². The van der Waals surface area contributed by atoms with Crippen molar-refractivity contribution >= 4 is 5.91 Å². The molecule has 4 heteroatoms. The molecule has 0 aliphatic carbocycles. The molecule has 0 saturated carbocycles. The van der Waals surface area contributed by atoms with Gasteiger partial charge in [-0.15, -0.1) is 0 Å². The number of aliphatic hydroxyl groups is 1. The minimum absolute atomic E-state index is 0.0572. The van der Waals surface area contributed by atoms with Gasteiger partial charge in [-0.05, 0) is 26.7 Å². The van der Waals surface area contributed by atoms with Gasteiger partial charge in [-0.25, -0.2) is 0 Å². The van der Waals surface area contributed by atoms with Gasteiger partial charge in [-0.2, -0.15) is 0 Å². The number of hydrogen-bond acceptors (Lipinski definition) is 3. The summed E-state index contributed by atoms with van der Waals surface area (Å²) in [5, 5.41) is 12.0. The second-order valence-electron chi connectivity index (χ2n) is 4.72. The van der Waals surface area contributed by atoms with Crippen LogP contribution in [0.5, 0.6) is 0 Å². The van der Waals surface area contributed by atoms with E-state index in [1.807, 2.05) is 27.7 Å². The first kappa shape index (κ1) is 13.8. The third kappa shape index (κ3) is 2.88. The molecule has 17 heavy (non-hydrogen) atoms. The molecular weight excluding hydrogens is 218 g/mol. The molecule has 0 fully saturated rings. The summed E-state index contributed by atoms with van der Waals surface area (Å²) in [5.41, 5.74) is 1.45. The molecule has 0 spiro atoms. The summed E-state index contributed by atoms with van der Waals surface area (Å²) in [5.74, 6) is 1.40. The molecule has 1 unspecified atom stereocenters. The third-order valence-corrected chi connectivity index (χ3v) is 3.11. The topological polar surface area (TPSA) is 62.5 Å². The lowest BCUT2D eigenvalue weighted by Gasteiger charge is -2.19. The first-order chi connectivity index (χ1) is 7.88. The van der Waals surface area contributed by atoms with Gasteiger partial charge in [-0.1, -0.05) is 13.8 Å². The minimum Gasteiger partial charge on any atom is -0.466 e. The fraction of sp³-hybridized carbons (Fsp3) is 0.615. The van der Waals surface area contributed by atoms with Gasteiger partial charge >= 0.3 is 0 Å². The quantitative estimate of drug-likeness (QED) is 0.844. The van der Waals surface area contributed by atoms with E-state index in [4.69, 9.17) is 4.42 Å². The Bertz CT molecular complexity index is 407. The summed E-state index contributed by atoms with van der Waals surface area (Å²) in [7, 11) is 0. The van der Waals surface area contributed by atoms with Gasteiger partial charge in [0, 0.05) is 5.56 Å². The van der Waals surface area contributed by atoms with Crippen LogP contribution >= 0.6 is 0 Å². The van der Waals surface area contributed by atoms with E-state index >= 15 is 0 Å². The van der Waals surface area contributed by atoms with Gasteiger partial charge in [0.1, 0.15) is 11.5 Å². The molecule has 1 rings (SSSR count). The highest BCUT2D eigenvalue weighted by molar-refractivity contribution is 5.97. The van der Waals surface area contributed by atoms with Crippen LogP contribution in [0.15, 0.2) is 4.42 Å². The summed E-state index contributed by atoms with van der Waals surface area (Å²) in [6, 6.07) is -0.225. The van der Waals surface area contributed by atoms with Crippen LogP contribution in [0.4, 0.5) is 0 Å². The van der Waals surface area contributed by atoms with Gasteiger partial charge in [-0.3, -0.25) is 4.79 Å². The van der Waals surface area contributed by atoms with Gasteiger partial charge < -0.3 is 14.8 Å². The first-order valence-electron chi connectivity index (χ1n) is 5.86. The predicted octanol–water partition coefficient (Wildman–Crippen LogP) is 1.95. The molecule has 4 nitrogen and oxygen atoms in total. The fourth-order valence-corrected chi connectivity index (χ4v) is 1.79. The summed E-state index contributed by atoms with van der Waals surface area (Å²) in [6.07, 6.45) is 0. The number of hydrogen-bond donors (Lipinski definition) is 2. The number of carbonyl (C=O) groups is 1. The monoisotopic (exact) mass is 239 g/mol. The van der Waals surface area contributed by atoms with Gasteiger partial charge in [0.05, 0.1) is 18.2 Å². The largest absolute Gasteiger partial charge is 0.466 e. The lowest BCUT2D eigenvalue weighted by atomic mass is 10.0. The van der Waals surface area contributed by atoms with Crippen molar-refractivity contribution < 1.29 is 14.3 Å². The summed E-state index contributed by atoms with van der Waals surface area (Å²) in [4.78, 5) is 12.1. The summed E-state index contributed by atoms with van der Waals surface area (Å²) in [6.45, 7) is 9.34. The molecule has 1 amide bonds. The highest BCUT2D eigenvalue weighted by atomic mass is 16.3. The zero-order chi connectivity index (χ0) is 13.2. The molecule has 0 aromatic carbocycles. The van der Waals surface area contributed by atoms with Crippen LogP contribution in [0.1, 0.15) is 41.3 Å². The highest BCUT2D eigenvalue weighted by Gasteiger charge is 2.22. The maximum absolute atomic E-state index is 12.1. The van der Waals surface area contributed by atoms with E-state index in [2.05, 4.69) is 5.32 Å². The van der Waals surface area contributed by atoms with E-state index in [1.165, 1.54) is 0 Å². The van der Waals surface area contributed by atoms with Crippen LogP contribution < -0.4 is 5.32 Å². The van der Waals surface area contributed by atoms with Crippen LogP contribution in [0.2, 0.25) is 0 Å². The zero-order valence-electron chi connectivity index (χ0n) is 11.1. The summed E-state index contributed by atoms with van der Waals surface area (Å²) < 4.78 is 5.42. The van der Waals surface area contributed by atoms with Crippen molar-refractivity contribution in [1.29, 1.82) is 0 Å². The Hall–Kier alpha value is -1.29. The van der Waals surface area contributed by atoms with Crippen LogP contribution in [0, 0.1) is 26.7 Å². The molecule has 0 bridgehead atoms. The van der Waals surface area contributed by atoms with Crippen LogP contribution in [0.25, 0.3) is 0 Å².